The van der Waals surface area contributed by atoms with Crippen molar-refractivity contribution in [1.29, 1.82) is 0 Å². The smallest absolute Gasteiger partial charge is 0.258 e. The molecule has 1 aliphatic heterocycles. The fraction of sp³-hybridized carbons (Fsp3) is 0.381. The highest BCUT2D eigenvalue weighted by atomic mass is 32.2. The molecule has 0 saturated heterocycles. The van der Waals surface area contributed by atoms with Gasteiger partial charge in [-0.1, -0.05) is 31.5 Å². The number of carbonyl (C=O) groups excluding carboxylic acids is 1. The van der Waals surface area contributed by atoms with Gasteiger partial charge in [-0.15, -0.1) is 0 Å². The Morgan fingerprint density at radius 1 is 1.19 bits per heavy atom. The Kier molecular flexibility index (Phi) is 5.56. The first-order chi connectivity index (χ1) is 12.8. The van der Waals surface area contributed by atoms with Gasteiger partial charge in [-0.2, -0.15) is 0 Å². The molecular weight excluding hydrogens is 360 g/mol. The van der Waals surface area contributed by atoms with E-state index < -0.39 is 10.0 Å². The van der Waals surface area contributed by atoms with Crippen molar-refractivity contribution in [3.63, 3.8) is 0 Å². The maximum absolute atomic E-state index is 13.2. The van der Waals surface area contributed by atoms with Gasteiger partial charge in [0.1, 0.15) is 0 Å². The van der Waals surface area contributed by atoms with Crippen LogP contribution in [-0.2, 0) is 16.4 Å². The number of anilines is 2. The fourth-order valence-corrected chi connectivity index (χ4v) is 4.93. The highest BCUT2D eigenvalue weighted by Crippen LogP contribution is 2.35. The van der Waals surface area contributed by atoms with E-state index in [9.17, 15) is 13.2 Å². The lowest BCUT2D eigenvalue weighted by Gasteiger charge is -2.24. The van der Waals surface area contributed by atoms with Crippen LogP contribution < -0.4 is 9.21 Å². The molecule has 1 unspecified atom stereocenters. The molecule has 6 heteroatoms. The SMILES string of the molecule is CCCCN(C(=O)c1ccc2c(c1)CC(C)N2S(C)(=O)=O)c1ccccc1. The van der Waals surface area contributed by atoms with Crippen molar-refractivity contribution in [2.45, 2.75) is 39.2 Å². The molecule has 0 bridgehead atoms. The van der Waals surface area contributed by atoms with Crippen LogP contribution >= 0.6 is 0 Å². The Balaban J connectivity index is 1.94. The average Bonchev–Trinajstić information content (AvgIpc) is 2.97. The molecule has 144 valence electrons. The molecule has 1 heterocycles. The molecule has 0 spiro atoms. The Hall–Kier alpha value is -2.34. The van der Waals surface area contributed by atoms with Crippen molar-refractivity contribution < 1.29 is 13.2 Å². The number of amides is 1. The van der Waals surface area contributed by atoms with Gasteiger partial charge in [0, 0.05) is 23.8 Å². The van der Waals surface area contributed by atoms with E-state index in [-0.39, 0.29) is 11.9 Å². The van der Waals surface area contributed by atoms with Crippen LogP contribution in [0.25, 0.3) is 0 Å². The second-order valence-electron chi connectivity index (χ2n) is 7.10. The van der Waals surface area contributed by atoms with Gasteiger partial charge in [0.25, 0.3) is 5.91 Å². The average molecular weight is 387 g/mol. The minimum absolute atomic E-state index is 0.0529. The third-order valence-electron chi connectivity index (χ3n) is 4.89. The first kappa shape index (κ1) is 19.4. The topological polar surface area (TPSA) is 57.7 Å². The molecule has 0 saturated carbocycles. The zero-order valence-electron chi connectivity index (χ0n) is 16.1. The summed E-state index contributed by atoms with van der Waals surface area (Å²) in [5.41, 5.74) is 3.06. The predicted molar refractivity (Wildman–Crippen MR) is 110 cm³/mol. The van der Waals surface area contributed by atoms with Gasteiger partial charge in [0.05, 0.1) is 11.9 Å². The van der Waals surface area contributed by atoms with E-state index in [1.807, 2.05) is 43.3 Å². The van der Waals surface area contributed by atoms with E-state index in [1.165, 1.54) is 10.6 Å². The molecule has 1 aliphatic rings. The highest BCUT2D eigenvalue weighted by Gasteiger charge is 2.33. The molecule has 0 aromatic heterocycles. The molecule has 0 radical (unpaired) electrons. The van der Waals surface area contributed by atoms with Crippen molar-refractivity contribution in [1.82, 2.24) is 0 Å². The lowest BCUT2D eigenvalue weighted by molar-refractivity contribution is 0.0986. The van der Waals surface area contributed by atoms with E-state index >= 15 is 0 Å². The third kappa shape index (κ3) is 4.00. The second kappa shape index (κ2) is 7.72. The van der Waals surface area contributed by atoms with Gasteiger partial charge in [-0.05, 0) is 55.7 Å². The summed E-state index contributed by atoms with van der Waals surface area (Å²) in [7, 11) is -3.33. The number of nitrogens with zero attached hydrogens (tertiary/aromatic N) is 2. The first-order valence-corrected chi connectivity index (χ1v) is 11.2. The van der Waals surface area contributed by atoms with E-state index in [2.05, 4.69) is 6.92 Å². The molecule has 0 aliphatic carbocycles. The third-order valence-corrected chi connectivity index (χ3v) is 6.16. The number of unbranched alkanes of at least 4 members (excludes halogenated alkanes) is 1. The second-order valence-corrected chi connectivity index (χ2v) is 8.96. The Labute approximate surface area is 161 Å². The van der Waals surface area contributed by atoms with Crippen molar-refractivity contribution in [3.8, 4) is 0 Å². The number of fused-ring (bicyclic) bond motifs is 1. The molecule has 0 N–H and O–H groups in total. The summed E-state index contributed by atoms with van der Waals surface area (Å²) in [4.78, 5) is 15.0. The fourth-order valence-electron chi connectivity index (χ4n) is 3.67. The summed E-state index contributed by atoms with van der Waals surface area (Å²) in [6.45, 7) is 4.65. The minimum Gasteiger partial charge on any atom is -0.308 e. The zero-order valence-corrected chi connectivity index (χ0v) is 16.9. The zero-order chi connectivity index (χ0) is 19.6. The summed E-state index contributed by atoms with van der Waals surface area (Å²) in [6, 6.07) is 14.9. The Morgan fingerprint density at radius 2 is 1.89 bits per heavy atom. The lowest BCUT2D eigenvalue weighted by Crippen LogP contribution is -2.34. The van der Waals surface area contributed by atoms with Crippen molar-refractivity contribution >= 4 is 27.3 Å². The normalized spacial score (nSPS) is 16.3. The maximum Gasteiger partial charge on any atom is 0.258 e. The summed E-state index contributed by atoms with van der Waals surface area (Å²) in [5, 5.41) is 0. The van der Waals surface area contributed by atoms with E-state index in [0.29, 0.717) is 24.2 Å². The summed E-state index contributed by atoms with van der Waals surface area (Å²) in [6.07, 6.45) is 3.76. The summed E-state index contributed by atoms with van der Waals surface area (Å²) in [5.74, 6) is -0.0529. The standard InChI is InChI=1S/C21H26N2O3S/c1-4-5-13-22(19-9-7-6-8-10-19)21(24)17-11-12-20-18(15-17)14-16(2)23(20)27(3,25)26/h6-12,15-16H,4-5,13-14H2,1-3H3. The van der Waals surface area contributed by atoms with E-state index in [4.69, 9.17) is 0 Å². The van der Waals surface area contributed by atoms with Crippen LogP contribution in [0.5, 0.6) is 0 Å². The molecule has 1 atom stereocenters. The van der Waals surface area contributed by atoms with Crippen LogP contribution in [0.1, 0.15) is 42.6 Å². The van der Waals surface area contributed by atoms with Gasteiger partial charge in [0.2, 0.25) is 10.0 Å². The molecule has 0 fully saturated rings. The van der Waals surface area contributed by atoms with Crippen LogP contribution in [0.2, 0.25) is 0 Å². The number of benzene rings is 2. The first-order valence-electron chi connectivity index (χ1n) is 9.32. The van der Waals surface area contributed by atoms with Crippen molar-refractivity contribution in [3.05, 3.63) is 59.7 Å². The van der Waals surface area contributed by atoms with Crippen LogP contribution in [-0.4, -0.2) is 33.2 Å². The Morgan fingerprint density at radius 3 is 2.52 bits per heavy atom. The number of hydrogen-bond donors (Lipinski definition) is 0. The lowest BCUT2D eigenvalue weighted by atomic mass is 10.1. The van der Waals surface area contributed by atoms with Crippen LogP contribution in [0.3, 0.4) is 0 Å². The molecule has 5 nitrogen and oxygen atoms in total. The van der Waals surface area contributed by atoms with Gasteiger partial charge in [-0.25, -0.2) is 8.42 Å². The quantitative estimate of drug-likeness (QED) is 0.758. The van der Waals surface area contributed by atoms with Gasteiger partial charge in [0.15, 0.2) is 0 Å². The largest absolute Gasteiger partial charge is 0.308 e. The van der Waals surface area contributed by atoms with E-state index in [0.717, 1.165) is 24.1 Å². The number of sulfonamides is 1. The van der Waals surface area contributed by atoms with Gasteiger partial charge < -0.3 is 4.90 Å². The molecule has 2 aromatic carbocycles. The molecular formula is C21H26N2O3S. The van der Waals surface area contributed by atoms with Crippen molar-refractivity contribution in [2.24, 2.45) is 0 Å². The summed E-state index contributed by atoms with van der Waals surface area (Å²) < 4.78 is 25.6. The number of carbonyl (C=O) groups is 1. The predicted octanol–water partition coefficient (Wildman–Crippen LogP) is 3.84. The minimum atomic E-state index is -3.33. The van der Waals surface area contributed by atoms with E-state index in [1.54, 1.807) is 17.0 Å². The van der Waals surface area contributed by atoms with Crippen LogP contribution in [0.15, 0.2) is 48.5 Å². The monoisotopic (exact) mass is 386 g/mol. The van der Waals surface area contributed by atoms with Gasteiger partial charge >= 0.3 is 0 Å². The molecule has 1 amide bonds. The molecule has 27 heavy (non-hydrogen) atoms. The van der Waals surface area contributed by atoms with Crippen LogP contribution in [0.4, 0.5) is 11.4 Å². The number of rotatable bonds is 6. The number of hydrogen-bond acceptors (Lipinski definition) is 3. The summed E-state index contributed by atoms with van der Waals surface area (Å²) >= 11 is 0. The number of para-hydroxylation sites is 1. The van der Waals surface area contributed by atoms with Gasteiger partial charge in [-0.3, -0.25) is 9.10 Å². The van der Waals surface area contributed by atoms with Crippen LogP contribution in [0, 0.1) is 0 Å². The van der Waals surface area contributed by atoms with Crippen molar-refractivity contribution in [2.75, 3.05) is 22.0 Å². The maximum atomic E-state index is 13.2. The molecule has 2 aromatic rings. The highest BCUT2D eigenvalue weighted by molar-refractivity contribution is 7.92. The molecule has 3 rings (SSSR count). The Bertz CT molecular complexity index is 926.